The van der Waals surface area contributed by atoms with Gasteiger partial charge in [0.25, 0.3) is 0 Å². The minimum absolute atomic E-state index is 0.0598. The van der Waals surface area contributed by atoms with Crippen molar-refractivity contribution in [3.05, 3.63) is 52.5 Å². The summed E-state index contributed by atoms with van der Waals surface area (Å²) < 4.78 is 11.1. The van der Waals surface area contributed by atoms with E-state index >= 15 is 0 Å². The molecule has 1 atom stereocenters. The molecule has 0 saturated carbocycles. The molecule has 0 amide bonds. The minimum Gasteiger partial charge on any atom is -0.493 e. The molecule has 0 fully saturated rings. The molecule has 2 aromatic rings. The number of halogens is 1. The van der Waals surface area contributed by atoms with Crippen molar-refractivity contribution in [3.63, 3.8) is 0 Å². The minimum atomic E-state index is -0.0598. The Morgan fingerprint density at radius 1 is 1.05 bits per heavy atom. The molecule has 3 nitrogen and oxygen atoms in total. The monoisotopic (exact) mass is 291 g/mol. The number of aryl methyl sites for hydroxylation is 1. The summed E-state index contributed by atoms with van der Waals surface area (Å²) in [7, 11) is 1.61. The van der Waals surface area contributed by atoms with Gasteiger partial charge in [-0.05, 0) is 49.2 Å². The van der Waals surface area contributed by atoms with Crippen molar-refractivity contribution in [2.45, 2.75) is 19.9 Å². The van der Waals surface area contributed by atoms with Crippen molar-refractivity contribution in [2.24, 2.45) is 5.73 Å². The zero-order valence-corrected chi connectivity index (χ0v) is 12.6. The molecule has 0 unspecified atom stereocenters. The Balaban J connectivity index is 2.30. The van der Waals surface area contributed by atoms with Crippen LogP contribution in [0.5, 0.6) is 17.2 Å². The third-order valence-corrected chi connectivity index (χ3v) is 3.32. The van der Waals surface area contributed by atoms with Gasteiger partial charge in [-0.1, -0.05) is 23.7 Å². The van der Waals surface area contributed by atoms with Crippen LogP contribution in [0, 0.1) is 6.92 Å². The SMILES string of the molecule is COc1cc(C)ccc1Oc1ccc([C@@H](C)N)cc1Cl. The highest BCUT2D eigenvalue weighted by molar-refractivity contribution is 6.32. The van der Waals surface area contributed by atoms with E-state index in [4.69, 9.17) is 26.8 Å². The van der Waals surface area contributed by atoms with Crippen LogP contribution in [0.1, 0.15) is 24.1 Å². The van der Waals surface area contributed by atoms with Crippen LogP contribution >= 0.6 is 11.6 Å². The normalized spacial score (nSPS) is 12.1. The Kier molecular flexibility index (Phi) is 4.53. The van der Waals surface area contributed by atoms with Gasteiger partial charge in [0, 0.05) is 6.04 Å². The van der Waals surface area contributed by atoms with E-state index in [1.54, 1.807) is 7.11 Å². The molecule has 2 aromatic carbocycles. The van der Waals surface area contributed by atoms with Gasteiger partial charge in [0.05, 0.1) is 12.1 Å². The number of hydrogen-bond donors (Lipinski definition) is 1. The van der Waals surface area contributed by atoms with E-state index in [-0.39, 0.29) is 6.04 Å². The number of hydrogen-bond acceptors (Lipinski definition) is 3. The Bertz CT molecular complexity index is 611. The van der Waals surface area contributed by atoms with Gasteiger partial charge in [0.1, 0.15) is 5.75 Å². The molecule has 106 valence electrons. The first-order valence-electron chi connectivity index (χ1n) is 6.39. The summed E-state index contributed by atoms with van der Waals surface area (Å²) in [4.78, 5) is 0. The van der Waals surface area contributed by atoms with E-state index in [0.717, 1.165) is 11.1 Å². The van der Waals surface area contributed by atoms with Crippen molar-refractivity contribution in [1.29, 1.82) is 0 Å². The molecule has 0 aliphatic heterocycles. The molecule has 0 aliphatic carbocycles. The van der Waals surface area contributed by atoms with Crippen molar-refractivity contribution in [2.75, 3.05) is 7.11 Å². The Labute approximate surface area is 124 Å². The second-order valence-electron chi connectivity index (χ2n) is 4.73. The van der Waals surface area contributed by atoms with Crippen LogP contribution < -0.4 is 15.2 Å². The molecule has 4 heteroatoms. The first-order valence-corrected chi connectivity index (χ1v) is 6.76. The Morgan fingerprint density at radius 3 is 2.35 bits per heavy atom. The predicted molar refractivity (Wildman–Crippen MR) is 81.9 cm³/mol. The fourth-order valence-corrected chi connectivity index (χ4v) is 2.09. The lowest BCUT2D eigenvalue weighted by Gasteiger charge is -2.13. The number of ether oxygens (including phenoxy) is 2. The highest BCUT2D eigenvalue weighted by atomic mass is 35.5. The maximum Gasteiger partial charge on any atom is 0.169 e. The van der Waals surface area contributed by atoms with Crippen LogP contribution in [-0.2, 0) is 0 Å². The van der Waals surface area contributed by atoms with E-state index in [2.05, 4.69) is 0 Å². The summed E-state index contributed by atoms with van der Waals surface area (Å²) >= 11 is 6.23. The summed E-state index contributed by atoms with van der Waals surface area (Å²) in [6.45, 7) is 3.91. The molecule has 20 heavy (non-hydrogen) atoms. The molecule has 0 spiro atoms. The third-order valence-electron chi connectivity index (χ3n) is 3.02. The topological polar surface area (TPSA) is 44.5 Å². The molecule has 2 N–H and O–H groups in total. The van der Waals surface area contributed by atoms with Gasteiger partial charge >= 0.3 is 0 Å². The average molecular weight is 292 g/mol. The largest absolute Gasteiger partial charge is 0.493 e. The smallest absolute Gasteiger partial charge is 0.169 e. The van der Waals surface area contributed by atoms with Gasteiger partial charge in [0.2, 0.25) is 0 Å². The molecule has 0 heterocycles. The molecule has 0 aromatic heterocycles. The van der Waals surface area contributed by atoms with E-state index in [9.17, 15) is 0 Å². The number of benzene rings is 2. The third kappa shape index (κ3) is 3.24. The molecule has 0 bridgehead atoms. The average Bonchev–Trinajstić information content (AvgIpc) is 2.42. The van der Waals surface area contributed by atoms with Gasteiger partial charge in [-0.25, -0.2) is 0 Å². The summed E-state index contributed by atoms with van der Waals surface area (Å²) in [5.41, 5.74) is 7.90. The molecule has 2 rings (SSSR count). The second kappa shape index (κ2) is 6.16. The van der Waals surface area contributed by atoms with Crippen LogP contribution in [0.3, 0.4) is 0 Å². The van der Waals surface area contributed by atoms with Gasteiger partial charge in [-0.3, -0.25) is 0 Å². The molecule has 0 radical (unpaired) electrons. The zero-order valence-electron chi connectivity index (χ0n) is 11.8. The second-order valence-corrected chi connectivity index (χ2v) is 5.14. The Morgan fingerprint density at radius 2 is 1.75 bits per heavy atom. The number of methoxy groups -OCH3 is 1. The quantitative estimate of drug-likeness (QED) is 0.904. The van der Waals surface area contributed by atoms with E-state index in [1.165, 1.54) is 0 Å². The van der Waals surface area contributed by atoms with E-state index < -0.39 is 0 Å². The number of rotatable bonds is 4. The molecular weight excluding hydrogens is 274 g/mol. The zero-order chi connectivity index (χ0) is 14.7. The van der Waals surface area contributed by atoms with Gasteiger partial charge in [0.15, 0.2) is 11.5 Å². The highest BCUT2D eigenvalue weighted by Crippen LogP contribution is 2.36. The van der Waals surface area contributed by atoms with E-state index in [1.807, 2.05) is 50.2 Å². The number of nitrogens with two attached hydrogens (primary N) is 1. The lowest BCUT2D eigenvalue weighted by atomic mass is 10.1. The van der Waals surface area contributed by atoms with Crippen LogP contribution in [0.4, 0.5) is 0 Å². The molecular formula is C16H18ClNO2. The van der Waals surface area contributed by atoms with Gasteiger partial charge < -0.3 is 15.2 Å². The summed E-state index contributed by atoms with van der Waals surface area (Å²) in [5, 5.41) is 0.530. The van der Waals surface area contributed by atoms with E-state index in [0.29, 0.717) is 22.3 Å². The predicted octanol–water partition coefficient (Wildman–Crippen LogP) is 4.47. The summed E-state index contributed by atoms with van der Waals surface area (Å²) in [6, 6.07) is 11.2. The maximum atomic E-state index is 6.23. The fraction of sp³-hybridized carbons (Fsp3) is 0.250. The molecule has 0 saturated heterocycles. The van der Waals surface area contributed by atoms with Gasteiger partial charge in [-0.2, -0.15) is 0 Å². The van der Waals surface area contributed by atoms with Gasteiger partial charge in [-0.15, -0.1) is 0 Å². The van der Waals surface area contributed by atoms with Crippen molar-refractivity contribution >= 4 is 11.6 Å². The lowest BCUT2D eigenvalue weighted by Crippen LogP contribution is -2.04. The first kappa shape index (κ1) is 14.7. The summed E-state index contributed by atoms with van der Waals surface area (Å²) in [5.74, 6) is 1.89. The van der Waals surface area contributed by atoms with Crippen molar-refractivity contribution < 1.29 is 9.47 Å². The highest BCUT2D eigenvalue weighted by Gasteiger charge is 2.10. The van der Waals surface area contributed by atoms with Crippen LogP contribution in [0.2, 0.25) is 5.02 Å². The maximum absolute atomic E-state index is 6.23. The van der Waals surface area contributed by atoms with Crippen molar-refractivity contribution in [1.82, 2.24) is 0 Å². The fourth-order valence-electron chi connectivity index (χ4n) is 1.86. The van der Waals surface area contributed by atoms with Crippen molar-refractivity contribution in [3.8, 4) is 17.2 Å². The Hall–Kier alpha value is -1.71. The van der Waals surface area contributed by atoms with Crippen LogP contribution in [-0.4, -0.2) is 7.11 Å². The summed E-state index contributed by atoms with van der Waals surface area (Å²) in [6.07, 6.45) is 0. The lowest BCUT2D eigenvalue weighted by molar-refractivity contribution is 0.378. The molecule has 0 aliphatic rings. The van der Waals surface area contributed by atoms with Crippen LogP contribution in [0.25, 0.3) is 0 Å². The van der Waals surface area contributed by atoms with Crippen LogP contribution in [0.15, 0.2) is 36.4 Å². The first-order chi connectivity index (χ1) is 9.51. The standard InChI is InChI=1S/C16H18ClNO2/c1-10-4-6-15(16(8-10)19-3)20-14-7-5-12(11(2)18)9-13(14)17/h4-9,11H,18H2,1-3H3/t11-/m1/s1.